The highest BCUT2D eigenvalue weighted by Gasteiger charge is 2.33. The average Bonchev–Trinajstić information content (AvgIpc) is 2.38. The number of rotatable bonds is 5. The van der Waals surface area contributed by atoms with Crippen LogP contribution in [0.15, 0.2) is 0 Å². The van der Waals surface area contributed by atoms with E-state index in [0.29, 0.717) is 13.2 Å². The van der Waals surface area contributed by atoms with Crippen molar-refractivity contribution in [1.29, 1.82) is 0 Å². The molecule has 18 heavy (non-hydrogen) atoms. The van der Waals surface area contributed by atoms with Crippen molar-refractivity contribution in [2.24, 2.45) is 0 Å². The van der Waals surface area contributed by atoms with Gasteiger partial charge in [-0.2, -0.15) is 0 Å². The second kappa shape index (κ2) is 7.17. The number of morpholine rings is 1. The maximum atomic E-state index is 12.0. The maximum Gasteiger partial charge on any atom is 0.328 e. The van der Waals surface area contributed by atoms with Gasteiger partial charge in [-0.15, -0.1) is 0 Å². The number of carbonyl (C=O) groups is 2. The highest BCUT2D eigenvalue weighted by atomic mass is 16.5. The maximum absolute atomic E-state index is 12.0. The fourth-order valence-electron chi connectivity index (χ4n) is 1.77. The lowest BCUT2D eigenvalue weighted by Crippen LogP contribution is -2.57. The van der Waals surface area contributed by atoms with Crippen LogP contribution in [0.3, 0.4) is 0 Å². The molecule has 0 aliphatic carbocycles. The van der Waals surface area contributed by atoms with Gasteiger partial charge in [0.2, 0.25) is 0 Å². The minimum Gasteiger partial charge on any atom is -0.480 e. The molecular formula is C11H20N2O5. The highest BCUT2D eigenvalue weighted by Crippen LogP contribution is 2.08. The third-order valence-electron chi connectivity index (χ3n) is 2.86. The molecule has 0 aromatic rings. The fraction of sp³-hybridized carbons (Fsp3) is 0.818. The lowest BCUT2D eigenvalue weighted by atomic mass is 10.2. The van der Waals surface area contributed by atoms with Gasteiger partial charge in [-0.05, 0) is 6.42 Å². The van der Waals surface area contributed by atoms with E-state index in [-0.39, 0.29) is 25.2 Å². The predicted molar refractivity (Wildman–Crippen MR) is 63.4 cm³/mol. The van der Waals surface area contributed by atoms with Crippen LogP contribution in [0.1, 0.15) is 13.3 Å². The van der Waals surface area contributed by atoms with Gasteiger partial charge in [-0.25, -0.2) is 9.59 Å². The molecule has 0 spiro atoms. The number of hydrogen-bond donors (Lipinski definition) is 2. The number of carboxylic acid groups (broad SMARTS) is 1. The molecule has 0 aromatic carbocycles. The number of ether oxygens (including phenoxy) is 2. The smallest absolute Gasteiger partial charge is 0.328 e. The molecule has 2 atom stereocenters. The molecule has 2 unspecified atom stereocenters. The van der Waals surface area contributed by atoms with Crippen LogP contribution in [-0.2, 0) is 14.3 Å². The van der Waals surface area contributed by atoms with E-state index in [9.17, 15) is 9.59 Å². The van der Waals surface area contributed by atoms with Crippen molar-refractivity contribution >= 4 is 12.0 Å². The van der Waals surface area contributed by atoms with Gasteiger partial charge in [0.1, 0.15) is 0 Å². The number of hydrogen-bond acceptors (Lipinski definition) is 4. The Morgan fingerprint density at radius 1 is 1.61 bits per heavy atom. The van der Waals surface area contributed by atoms with E-state index < -0.39 is 12.0 Å². The summed E-state index contributed by atoms with van der Waals surface area (Å²) in [5, 5.41) is 11.8. The van der Waals surface area contributed by atoms with Crippen molar-refractivity contribution in [1.82, 2.24) is 10.2 Å². The van der Waals surface area contributed by atoms with Crippen LogP contribution < -0.4 is 5.32 Å². The number of carbonyl (C=O) groups excluding carboxylic acids is 1. The Bertz CT molecular complexity index is 297. The van der Waals surface area contributed by atoms with E-state index in [4.69, 9.17) is 14.6 Å². The van der Waals surface area contributed by atoms with E-state index >= 15 is 0 Å². The van der Waals surface area contributed by atoms with Crippen LogP contribution in [0.2, 0.25) is 0 Å². The van der Waals surface area contributed by atoms with E-state index in [0.717, 1.165) is 6.42 Å². The van der Waals surface area contributed by atoms with Gasteiger partial charge in [0.25, 0.3) is 0 Å². The molecule has 104 valence electrons. The van der Waals surface area contributed by atoms with E-state index in [1.807, 2.05) is 6.92 Å². The van der Waals surface area contributed by atoms with Crippen LogP contribution in [0.5, 0.6) is 0 Å². The quantitative estimate of drug-likeness (QED) is 0.721. The Morgan fingerprint density at radius 2 is 2.33 bits per heavy atom. The zero-order valence-electron chi connectivity index (χ0n) is 10.7. The Balaban J connectivity index is 2.59. The largest absolute Gasteiger partial charge is 0.480 e. The van der Waals surface area contributed by atoms with Gasteiger partial charge in [0.05, 0.1) is 25.9 Å². The topological polar surface area (TPSA) is 88.1 Å². The highest BCUT2D eigenvalue weighted by molar-refractivity contribution is 5.83. The molecule has 2 amide bonds. The lowest BCUT2D eigenvalue weighted by Gasteiger charge is -2.33. The van der Waals surface area contributed by atoms with Crippen LogP contribution >= 0.6 is 0 Å². The first-order chi connectivity index (χ1) is 8.60. The van der Waals surface area contributed by atoms with Crippen molar-refractivity contribution in [3.63, 3.8) is 0 Å². The van der Waals surface area contributed by atoms with Crippen molar-refractivity contribution in [3.8, 4) is 0 Å². The molecule has 0 aromatic heterocycles. The van der Waals surface area contributed by atoms with Gasteiger partial charge in [0, 0.05) is 13.7 Å². The number of methoxy groups -OCH3 is 1. The molecule has 1 aliphatic rings. The van der Waals surface area contributed by atoms with Crippen molar-refractivity contribution < 1.29 is 24.2 Å². The number of nitrogens with one attached hydrogen (secondary N) is 1. The summed E-state index contributed by atoms with van der Waals surface area (Å²) in [4.78, 5) is 24.3. The monoisotopic (exact) mass is 260 g/mol. The summed E-state index contributed by atoms with van der Waals surface area (Å²) in [6.45, 7) is 3.01. The summed E-state index contributed by atoms with van der Waals surface area (Å²) in [6.07, 6.45) is 0.724. The van der Waals surface area contributed by atoms with E-state index in [2.05, 4.69) is 5.32 Å². The summed E-state index contributed by atoms with van der Waals surface area (Å²) >= 11 is 0. The molecule has 0 radical (unpaired) electrons. The summed E-state index contributed by atoms with van der Waals surface area (Å²) in [5.41, 5.74) is 0. The Labute approximate surface area is 106 Å². The van der Waals surface area contributed by atoms with Gasteiger partial charge in [-0.3, -0.25) is 0 Å². The lowest BCUT2D eigenvalue weighted by molar-refractivity contribution is -0.147. The van der Waals surface area contributed by atoms with Gasteiger partial charge in [-0.1, -0.05) is 6.92 Å². The molecule has 2 N–H and O–H groups in total. The molecule has 0 bridgehead atoms. The first-order valence-electron chi connectivity index (χ1n) is 5.96. The molecule has 1 aliphatic heterocycles. The minimum absolute atomic E-state index is 0.0316. The van der Waals surface area contributed by atoms with Crippen LogP contribution in [-0.4, -0.2) is 67.6 Å². The zero-order valence-corrected chi connectivity index (χ0v) is 10.7. The number of carboxylic acids is 1. The SMILES string of the molecule is CCC(COC)NC(=O)N1CCOCC1C(=O)O. The Morgan fingerprint density at radius 3 is 2.89 bits per heavy atom. The minimum atomic E-state index is -1.05. The first kappa shape index (κ1) is 14.7. The Kier molecular flexibility index (Phi) is 5.87. The third kappa shape index (κ3) is 3.85. The second-order valence-corrected chi connectivity index (χ2v) is 4.13. The van der Waals surface area contributed by atoms with E-state index in [1.54, 1.807) is 7.11 Å². The van der Waals surface area contributed by atoms with Gasteiger partial charge < -0.3 is 24.8 Å². The standard InChI is InChI=1S/C11H20N2O5/c1-3-8(6-17-2)12-11(16)13-4-5-18-7-9(13)10(14)15/h8-9H,3-7H2,1-2H3,(H,12,16)(H,14,15). The molecule has 1 rings (SSSR count). The molecule has 1 saturated heterocycles. The average molecular weight is 260 g/mol. The van der Waals surface area contributed by atoms with Gasteiger partial charge in [0.15, 0.2) is 6.04 Å². The molecule has 0 saturated carbocycles. The summed E-state index contributed by atoms with van der Waals surface area (Å²) in [7, 11) is 1.56. The Hall–Kier alpha value is -1.34. The first-order valence-corrected chi connectivity index (χ1v) is 5.96. The third-order valence-corrected chi connectivity index (χ3v) is 2.86. The van der Waals surface area contributed by atoms with Crippen molar-refractivity contribution in [2.75, 3.05) is 33.5 Å². The van der Waals surface area contributed by atoms with Crippen LogP contribution in [0.25, 0.3) is 0 Å². The summed E-state index contributed by atoms with van der Waals surface area (Å²) in [5.74, 6) is -1.05. The van der Waals surface area contributed by atoms with Crippen molar-refractivity contribution in [2.45, 2.75) is 25.4 Å². The van der Waals surface area contributed by atoms with Gasteiger partial charge >= 0.3 is 12.0 Å². The molecule has 7 heteroatoms. The normalized spacial score (nSPS) is 21.4. The van der Waals surface area contributed by atoms with Crippen LogP contribution in [0, 0.1) is 0 Å². The fourth-order valence-corrected chi connectivity index (χ4v) is 1.77. The van der Waals surface area contributed by atoms with Crippen LogP contribution in [0.4, 0.5) is 4.79 Å². The summed E-state index contributed by atoms with van der Waals surface area (Å²) < 4.78 is 10.1. The molecule has 7 nitrogen and oxygen atoms in total. The zero-order chi connectivity index (χ0) is 13.5. The number of nitrogens with zero attached hydrogens (tertiary/aromatic N) is 1. The summed E-state index contributed by atoms with van der Waals surface area (Å²) in [6, 6.07) is -1.41. The predicted octanol–water partition coefficient (Wildman–Crippen LogP) is -0.0936. The second-order valence-electron chi connectivity index (χ2n) is 4.13. The van der Waals surface area contributed by atoms with E-state index in [1.165, 1.54) is 4.90 Å². The number of urea groups is 1. The van der Waals surface area contributed by atoms with Crippen molar-refractivity contribution in [3.05, 3.63) is 0 Å². The number of amides is 2. The molecule has 1 fully saturated rings. The number of aliphatic carboxylic acids is 1. The molecular weight excluding hydrogens is 240 g/mol. The molecule has 1 heterocycles.